The standard InChI is InChI=1S/C16H18N4O2S/c1-3-9-17-16(23)19-18-10-12-14(21)11-7-5-6-8-13(11)20(4-2)15(12)22/h3,5-8,10,21H,1,4,9H2,2H3,(H2,17,19,23). The van der Waals surface area contributed by atoms with E-state index in [1.54, 1.807) is 28.8 Å². The van der Waals surface area contributed by atoms with Gasteiger partial charge in [0.05, 0.1) is 11.7 Å². The predicted molar refractivity (Wildman–Crippen MR) is 97.1 cm³/mol. The summed E-state index contributed by atoms with van der Waals surface area (Å²) in [7, 11) is 0. The monoisotopic (exact) mass is 330 g/mol. The van der Waals surface area contributed by atoms with Crippen LogP contribution in [0.25, 0.3) is 10.9 Å². The molecule has 0 saturated carbocycles. The second-order valence-corrected chi connectivity index (χ2v) is 5.11. The summed E-state index contributed by atoms with van der Waals surface area (Å²) in [6.45, 7) is 6.44. The number of aromatic nitrogens is 1. The molecule has 0 atom stereocenters. The van der Waals surface area contributed by atoms with E-state index in [0.717, 1.165) is 0 Å². The normalized spacial score (nSPS) is 10.8. The molecule has 1 aromatic carbocycles. The average molecular weight is 330 g/mol. The van der Waals surface area contributed by atoms with Crippen molar-refractivity contribution in [1.29, 1.82) is 0 Å². The Morgan fingerprint density at radius 2 is 2.22 bits per heavy atom. The van der Waals surface area contributed by atoms with Crippen LogP contribution in [0.2, 0.25) is 0 Å². The highest BCUT2D eigenvalue weighted by Crippen LogP contribution is 2.25. The molecule has 1 heterocycles. The number of benzene rings is 1. The van der Waals surface area contributed by atoms with Crippen LogP contribution in [0.3, 0.4) is 0 Å². The van der Waals surface area contributed by atoms with Gasteiger partial charge in [-0.3, -0.25) is 10.2 Å². The first kappa shape index (κ1) is 16.7. The van der Waals surface area contributed by atoms with Crippen molar-refractivity contribution < 1.29 is 5.11 Å². The van der Waals surface area contributed by atoms with Gasteiger partial charge in [-0.05, 0) is 31.3 Å². The maximum atomic E-state index is 12.5. The number of hydrogen-bond acceptors (Lipinski definition) is 4. The molecule has 0 radical (unpaired) electrons. The van der Waals surface area contributed by atoms with Crippen LogP contribution >= 0.6 is 12.2 Å². The molecule has 0 saturated heterocycles. The van der Waals surface area contributed by atoms with E-state index < -0.39 is 0 Å². The molecule has 0 aliphatic carbocycles. The molecule has 1 aromatic heterocycles. The molecule has 0 bridgehead atoms. The Labute approximate surface area is 139 Å². The molecule has 6 nitrogen and oxygen atoms in total. The van der Waals surface area contributed by atoms with Gasteiger partial charge in [-0.25, -0.2) is 0 Å². The first-order valence-electron chi connectivity index (χ1n) is 7.12. The van der Waals surface area contributed by atoms with Gasteiger partial charge >= 0.3 is 0 Å². The summed E-state index contributed by atoms with van der Waals surface area (Å²) in [5.41, 5.74) is 3.08. The topological polar surface area (TPSA) is 78.7 Å². The lowest BCUT2D eigenvalue weighted by Gasteiger charge is -2.11. The number of thiocarbonyl (C=S) groups is 1. The van der Waals surface area contributed by atoms with Crippen LogP contribution in [0.4, 0.5) is 0 Å². The van der Waals surface area contributed by atoms with Crippen molar-refractivity contribution >= 4 is 34.4 Å². The Morgan fingerprint density at radius 3 is 2.91 bits per heavy atom. The highest BCUT2D eigenvalue weighted by Gasteiger charge is 2.13. The number of hydrogen-bond donors (Lipinski definition) is 3. The van der Waals surface area contributed by atoms with Gasteiger partial charge in [0.15, 0.2) is 5.11 Å². The lowest BCUT2D eigenvalue weighted by molar-refractivity contribution is 0.478. The van der Waals surface area contributed by atoms with Gasteiger partial charge in [0.2, 0.25) is 0 Å². The fourth-order valence-corrected chi connectivity index (χ4v) is 2.34. The maximum absolute atomic E-state index is 12.5. The minimum atomic E-state index is -0.306. The second-order valence-electron chi connectivity index (χ2n) is 4.70. The molecule has 0 aliphatic rings. The molecule has 0 fully saturated rings. The first-order chi connectivity index (χ1) is 11.1. The highest BCUT2D eigenvalue weighted by molar-refractivity contribution is 7.80. The van der Waals surface area contributed by atoms with E-state index in [-0.39, 0.29) is 16.9 Å². The third kappa shape index (κ3) is 3.57. The first-order valence-corrected chi connectivity index (χ1v) is 7.53. The van der Waals surface area contributed by atoms with Gasteiger partial charge in [0.25, 0.3) is 5.56 Å². The number of aromatic hydroxyl groups is 1. The average Bonchev–Trinajstić information content (AvgIpc) is 2.56. The van der Waals surface area contributed by atoms with Crippen molar-refractivity contribution in [1.82, 2.24) is 15.3 Å². The molecule has 7 heteroatoms. The van der Waals surface area contributed by atoms with Gasteiger partial charge in [0.1, 0.15) is 11.3 Å². The molecule has 2 aromatic rings. The van der Waals surface area contributed by atoms with Crippen molar-refractivity contribution in [3.63, 3.8) is 0 Å². The summed E-state index contributed by atoms with van der Waals surface area (Å²) < 4.78 is 1.59. The second kappa shape index (κ2) is 7.55. The molecule has 0 spiro atoms. The van der Waals surface area contributed by atoms with Crippen LogP contribution in [0.5, 0.6) is 5.75 Å². The number of hydrazone groups is 1. The van der Waals surface area contributed by atoms with Crippen LogP contribution in [-0.2, 0) is 6.54 Å². The summed E-state index contributed by atoms with van der Waals surface area (Å²) in [5.74, 6) is -0.0918. The number of rotatable bonds is 5. The van der Waals surface area contributed by atoms with E-state index >= 15 is 0 Å². The minimum Gasteiger partial charge on any atom is -0.506 e. The molecule has 0 unspecified atom stereocenters. The summed E-state index contributed by atoms with van der Waals surface area (Å²) in [5, 5.41) is 18.0. The Bertz CT molecular complexity index is 827. The summed E-state index contributed by atoms with van der Waals surface area (Å²) in [4.78, 5) is 12.5. The van der Waals surface area contributed by atoms with E-state index in [0.29, 0.717) is 29.1 Å². The maximum Gasteiger partial charge on any atom is 0.263 e. The van der Waals surface area contributed by atoms with Crippen molar-refractivity contribution in [2.45, 2.75) is 13.5 Å². The molecular formula is C16H18N4O2S. The lowest BCUT2D eigenvalue weighted by Crippen LogP contribution is -2.32. The predicted octanol–water partition coefficient (Wildman–Crippen LogP) is 1.71. The Morgan fingerprint density at radius 1 is 1.48 bits per heavy atom. The minimum absolute atomic E-state index is 0.0918. The number of aryl methyl sites for hydroxylation is 1. The zero-order valence-corrected chi connectivity index (χ0v) is 13.6. The summed E-state index contributed by atoms with van der Waals surface area (Å²) >= 11 is 5.00. The van der Waals surface area contributed by atoms with Crippen molar-refractivity contribution in [2.75, 3.05) is 6.54 Å². The summed E-state index contributed by atoms with van der Waals surface area (Å²) in [6.07, 6.45) is 2.94. The Kier molecular flexibility index (Phi) is 5.48. The lowest BCUT2D eigenvalue weighted by atomic mass is 10.1. The molecule has 0 amide bonds. The fraction of sp³-hybridized carbons (Fsp3) is 0.188. The molecule has 120 valence electrons. The third-order valence-corrected chi connectivity index (χ3v) is 3.50. The number of nitrogens with zero attached hydrogens (tertiary/aromatic N) is 2. The van der Waals surface area contributed by atoms with Crippen LogP contribution < -0.4 is 16.3 Å². The number of pyridine rings is 1. The van der Waals surface area contributed by atoms with Crippen molar-refractivity contribution in [3.8, 4) is 5.75 Å². The number of fused-ring (bicyclic) bond motifs is 1. The van der Waals surface area contributed by atoms with Gasteiger partial charge < -0.3 is 15.0 Å². The Hall–Kier alpha value is -2.67. The molecule has 3 N–H and O–H groups in total. The zero-order chi connectivity index (χ0) is 16.8. The van der Waals surface area contributed by atoms with Gasteiger partial charge in [-0.15, -0.1) is 6.58 Å². The van der Waals surface area contributed by atoms with Gasteiger partial charge in [-0.2, -0.15) is 5.10 Å². The smallest absolute Gasteiger partial charge is 0.263 e. The number of nitrogens with one attached hydrogen (secondary N) is 2. The van der Waals surface area contributed by atoms with Crippen molar-refractivity contribution in [3.05, 3.63) is 52.8 Å². The molecular weight excluding hydrogens is 312 g/mol. The largest absolute Gasteiger partial charge is 0.506 e. The van der Waals surface area contributed by atoms with E-state index in [1.165, 1.54) is 6.21 Å². The van der Waals surface area contributed by atoms with Crippen LogP contribution in [-0.4, -0.2) is 27.5 Å². The van der Waals surface area contributed by atoms with Gasteiger partial charge in [-0.1, -0.05) is 18.2 Å². The Balaban J connectivity index is 2.39. The van der Waals surface area contributed by atoms with E-state index in [1.807, 2.05) is 13.0 Å². The van der Waals surface area contributed by atoms with E-state index in [9.17, 15) is 9.90 Å². The zero-order valence-electron chi connectivity index (χ0n) is 12.7. The van der Waals surface area contributed by atoms with Crippen molar-refractivity contribution in [2.24, 2.45) is 5.10 Å². The third-order valence-electron chi connectivity index (χ3n) is 3.26. The number of para-hydroxylation sites is 1. The van der Waals surface area contributed by atoms with Gasteiger partial charge in [0, 0.05) is 18.5 Å². The fourth-order valence-electron chi connectivity index (χ4n) is 2.20. The summed E-state index contributed by atoms with van der Waals surface area (Å²) in [6, 6.07) is 7.19. The van der Waals surface area contributed by atoms with E-state index in [2.05, 4.69) is 22.4 Å². The van der Waals surface area contributed by atoms with E-state index in [4.69, 9.17) is 12.2 Å². The molecule has 23 heavy (non-hydrogen) atoms. The van der Waals surface area contributed by atoms with Crippen LogP contribution in [0.1, 0.15) is 12.5 Å². The van der Waals surface area contributed by atoms with Crippen LogP contribution in [0.15, 0.2) is 46.8 Å². The van der Waals surface area contributed by atoms with Crippen LogP contribution in [0, 0.1) is 0 Å². The quantitative estimate of drug-likeness (QED) is 0.337. The highest BCUT2D eigenvalue weighted by atomic mass is 32.1. The SMILES string of the molecule is C=CCNC(=S)NN=Cc1c(O)c2ccccc2n(CC)c1=O. The molecule has 2 rings (SSSR count). The molecule has 0 aliphatic heterocycles.